The molecule has 0 unspecified atom stereocenters. The summed E-state index contributed by atoms with van der Waals surface area (Å²) in [6, 6.07) is 10.2. The minimum absolute atomic E-state index is 0.0834. The number of para-hydroxylation sites is 1. The van der Waals surface area contributed by atoms with Gasteiger partial charge in [0.2, 0.25) is 5.91 Å². The SMILES string of the molecule is CCc1cccc(CC)c1NC(=O)CN1CCN(Cc2ccco2)CC1. The lowest BCUT2D eigenvalue weighted by molar-refractivity contribution is -0.117. The van der Waals surface area contributed by atoms with E-state index in [1.807, 2.05) is 12.1 Å². The fourth-order valence-electron chi connectivity index (χ4n) is 3.51. The zero-order valence-corrected chi connectivity index (χ0v) is 15.8. The van der Waals surface area contributed by atoms with E-state index in [2.05, 4.69) is 47.2 Å². The number of anilines is 1. The van der Waals surface area contributed by atoms with Gasteiger partial charge in [-0.1, -0.05) is 32.0 Å². The first kappa shape index (κ1) is 18.7. The Hall–Kier alpha value is -2.11. The van der Waals surface area contributed by atoms with Gasteiger partial charge in [-0.15, -0.1) is 0 Å². The van der Waals surface area contributed by atoms with Crippen molar-refractivity contribution in [3.05, 3.63) is 53.5 Å². The van der Waals surface area contributed by atoms with Crippen molar-refractivity contribution in [2.75, 3.05) is 38.0 Å². The van der Waals surface area contributed by atoms with Gasteiger partial charge in [0.15, 0.2) is 0 Å². The Balaban J connectivity index is 1.50. The summed E-state index contributed by atoms with van der Waals surface area (Å²) in [5.74, 6) is 1.08. The van der Waals surface area contributed by atoms with Crippen LogP contribution in [0.15, 0.2) is 41.0 Å². The Morgan fingerprint density at radius 3 is 2.23 bits per heavy atom. The third-order valence-corrected chi connectivity index (χ3v) is 5.05. The molecule has 2 aromatic rings. The molecule has 1 aromatic carbocycles. The molecule has 5 nitrogen and oxygen atoms in total. The summed E-state index contributed by atoms with van der Waals surface area (Å²) in [5, 5.41) is 3.17. The minimum atomic E-state index is 0.0834. The van der Waals surface area contributed by atoms with Crippen LogP contribution in [0, 0.1) is 0 Å². The maximum atomic E-state index is 12.6. The number of carbonyl (C=O) groups is 1. The molecule has 0 saturated carbocycles. The van der Waals surface area contributed by atoms with Crippen LogP contribution in [0.25, 0.3) is 0 Å². The summed E-state index contributed by atoms with van der Waals surface area (Å²) in [5.41, 5.74) is 3.43. The second-order valence-corrected chi connectivity index (χ2v) is 6.84. The normalized spacial score (nSPS) is 15.9. The molecule has 2 heterocycles. The number of aryl methyl sites for hydroxylation is 2. The van der Waals surface area contributed by atoms with E-state index in [1.54, 1.807) is 6.26 Å². The summed E-state index contributed by atoms with van der Waals surface area (Å²) in [7, 11) is 0. The molecule has 0 spiro atoms. The molecule has 1 fully saturated rings. The van der Waals surface area contributed by atoms with Crippen molar-refractivity contribution in [1.82, 2.24) is 9.80 Å². The quantitative estimate of drug-likeness (QED) is 0.829. The topological polar surface area (TPSA) is 48.7 Å². The van der Waals surface area contributed by atoms with Crippen LogP contribution in [0.2, 0.25) is 0 Å². The van der Waals surface area contributed by atoms with Gasteiger partial charge in [0.25, 0.3) is 0 Å². The van der Waals surface area contributed by atoms with Crippen molar-refractivity contribution in [3.63, 3.8) is 0 Å². The van der Waals surface area contributed by atoms with Crippen LogP contribution in [0.5, 0.6) is 0 Å². The molecule has 1 saturated heterocycles. The molecule has 1 N–H and O–H groups in total. The molecule has 1 aliphatic heterocycles. The maximum Gasteiger partial charge on any atom is 0.238 e. The van der Waals surface area contributed by atoms with E-state index in [-0.39, 0.29) is 5.91 Å². The highest BCUT2D eigenvalue weighted by Crippen LogP contribution is 2.22. The molecule has 5 heteroatoms. The van der Waals surface area contributed by atoms with Crippen LogP contribution in [-0.2, 0) is 24.2 Å². The number of hydrogen-bond donors (Lipinski definition) is 1. The van der Waals surface area contributed by atoms with Gasteiger partial charge >= 0.3 is 0 Å². The molecule has 1 amide bonds. The molecule has 0 bridgehead atoms. The van der Waals surface area contributed by atoms with Gasteiger partial charge in [0, 0.05) is 31.9 Å². The summed E-state index contributed by atoms with van der Waals surface area (Å²) in [6.07, 6.45) is 3.57. The van der Waals surface area contributed by atoms with E-state index in [9.17, 15) is 4.79 Å². The van der Waals surface area contributed by atoms with Crippen LogP contribution in [0.3, 0.4) is 0 Å². The van der Waals surface area contributed by atoms with Gasteiger partial charge in [-0.05, 0) is 36.1 Å². The van der Waals surface area contributed by atoms with E-state index in [0.29, 0.717) is 6.54 Å². The van der Waals surface area contributed by atoms with Crippen molar-refractivity contribution in [2.45, 2.75) is 33.2 Å². The smallest absolute Gasteiger partial charge is 0.238 e. The van der Waals surface area contributed by atoms with Gasteiger partial charge in [0.05, 0.1) is 19.4 Å². The Bertz CT molecular complexity index is 682. The van der Waals surface area contributed by atoms with Crippen LogP contribution in [0.4, 0.5) is 5.69 Å². The van der Waals surface area contributed by atoms with Crippen LogP contribution in [0.1, 0.15) is 30.7 Å². The van der Waals surface area contributed by atoms with Gasteiger partial charge < -0.3 is 9.73 Å². The Labute approximate surface area is 156 Å². The highest BCUT2D eigenvalue weighted by atomic mass is 16.3. The van der Waals surface area contributed by atoms with Gasteiger partial charge in [-0.25, -0.2) is 0 Å². The van der Waals surface area contributed by atoms with E-state index in [4.69, 9.17) is 4.42 Å². The first-order valence-electron chi connectivity index (χ1n) is 9.57. The second kappa shape index (κ2) is 9.01. The summed E-state index contributed by atoms with van der Waals surface area (Å²) >= 11 is 0. The molecule has 0 atom stereocenters. The van der Waals surface area contributed by atoms with E-state index in [1.165, 1.54) is 11.1 Å². The zero-order chi connectivity index (χ0) is 18.4. The maximum absolute atomic E-state index is 12.6. The predicted octanol–water partition coefficient (Wildman–Crippen LogP) is 3.16. The molecular formula is C21H29N3O2. The molecule has 140 valence electrons. The van der Waals surface area contributed by atoms with Gasteiger partial charge in [-0.2, -0.15) is 0 Å². The molecule has 0 radical (unpaired) electrons. The number of rotatable bonds is 7. The lowest BCUT2D eigenvalue weighted by Gasteiger charge is -2.33. The predicted molar refractivity (Wildman–Crippen MR) is 104 cm³/mol. The third-order valence-electron chi connectivity index (χ3n) is 5.05. The summed E-state index contributed by atoms with van der Waals surface area (Å²) < 4.78 is 5.42. The lowest BCUT2D eigenvalue weighted by Crippen LogP contribution is -2.48. The molecule has 1 aromatic heterocycles. The Morgan fingerprint density at radius 2 is 1.65 bits per heavy atom. The summed E-state index contributed by atoms with van der Waals surface area (Å²) in [6.45, 7) is 9.28. The fourth-order valence-corrected chi connectivity index (χ4v) is 3.51. The van der Waals surface area contributed by atoms with E-state index < -0.39 is 0 Å². The number of nitrogens with zero attached hydrogens (tertiary/aromatic N) is 2. The summed E-state index contributed by atoms with van der Waals surface area (Å²) in [4.78, 5) is 17.2. The third kappa shape index (κ3) is 4.74. The molecular weight excluding hydrogens is 326 g/mol. The monoisotopic (exact) mass is 355 g/mol. The van der Waals surface area contributed by atoms with E-state index >= 15 is 0 Å². The van der Waals surface area contributed by atoms with Gasteiger partial charge in [-0.3, -0.25) is 14.6 Å². The Morgan fingerprint density at radius 1 is 1.00 bits per heavy atom. The first-order chi connectivity index (χ1) is 12.7. The van der Waals surface area contributed by atoms with E-state index in [0.717, 1.165) is 57.0 Å². The molecule has 3 rings (SSSR count). The first-order valence-corrected chi connectivity index (χ1v) is 9.57. The van der Waals surface area contributed by atoms with Crippen LogP contribution >= 0.6 is 0 Å². The van der Waals surface area contributed by atoms with Crippen molar-refractivity contribution < 1.29 is 9.21 Å². The zero-order valence-electron chi connectivity index (χ0n) is 15.8. The van der Waals surface area contributed by atoms with Crippen molar-refractivity contribution >= 4 is 11.6 Å². The average molecular weight is 355 g/mol. The van der Waals surface area contributed by atoms with Crippen molar-refractivity contribution in [3.8, 4) is 0 Å². The number of nitrogens with one attached hydrogen (secondary N) is 1. The Kier molecular flexibility index (Phi) is 6.47. The number of amides is 1. The molecule has 26 heavy (non-hydrogen) atoms. The largest absolute Gasteiger partial charge is 0.468 e. The highest BCUT2D eigenvalue weighted by molar-refractivity contribution is 5.93. The average Bonchev–Trinajstić information content (AvgIpc) is 3.16. The van der Waals surface area contributed by atoms with Crippen LogP contribution < -0.4 is 5.32 Å². The fraction of sp³-hybridized carbons (Fsp3) is 0.476. The number of hydrogen-bond acceptors (Lipinski definition) is 4. The highest BCUT2D eigenvalue weighted by Gasteiger charge is 2.20. The number of carbonyl (C=O) groups excluding carboxylic acids is 1. The van der Waals surface area contributed by atoms with Crippen molar-refractivity contribution in [1.29, 1.82) is 0 Å². The van der Waals surface area contributed by atoms with Crippen molar-refractivity contribution in [2.24, 2.45) is 0 Å². The number of piperazine rings is 1. The minimum Gasteiger partial charge on any atom is -0.468 e. The standard InChI is InChI=1S/C21H29N3O2/c1-3-17-7-5-8-18(4-2)21(17)22-20(25)16-24-12-10-23(11-13-24)15-19-9-6-14-26-19/h5-9,14H,3-4,10-13,15-16H2,1-2H3,(H,22,25). The number of furan rings is 1. The van der Waals surface area contributed by atoms with Crippen LogP contribution in [-0.4, -0.2) is 48.4 Å². The molecule has 1 aliphatic rings. The second-order valence-electron chi connectivity index (χ2n) is 6.84. The number of benzene rings is 1. The molecule has 0 aliphatic carbocycles. The lowest BCUT2D eigenvalue weighted by atomic mass is 10.0. The van der Waals surface area contributed by atoms with Gasteiger partial charge in [0.1, 0.15) is 5.76 Å².